The molecule has 0 bridgehead atoms. The van der Waals surface area contributed by atoms with Gasteiger partial charge in [0.2, 0.25) is 0 Å². The Balaban J connectivity index is 2.55. The number of aliphatic hydroxyl groups is 3. The second-order valence-electron chi connectivity index (χ2n) is 3.65. The smallest absolute Gasteiger partial charge is 0.191 e. The van der Waals surface area contributed by atoms with E-state index in [1.54, 1.807) is 30.3 Å². The molecule has 0 spiro atoms. The molecule has 0 saturated carbocycles. The molecule has 3 N–H and O–H groups in total. The van der Waals surface area contributed by atoms with Crippen molar-refractivity contribution in [2.45, 2.75) is 25.0 Å². The maximum Gasteiger partial charge on any atom is 0.191 e. The molecule has 0 radical (unpaired) electrons. The van der Waals surface area contributed by atoms with Crippen LogP contribution in [0.15, 0.2) is 30.3 Å². The maximum absolute atomic E-state index is 11.7. The molecule has 0 amide bonds. The minimum absolute atomic E-state index is 0.0473. The Morgan fingerprint density at radius 2 is 1.81 bits per heavy atom. The molecule has 0 saturated heterocycles. The molecule has 4 nitrogen and oxygen atoms in total. The summed E-state index contributed by atoms with van der Waals surface area (Å²) < 4.78 is 0. The first kappa shape index (κ1) is 12.8. The molecule has 2 unspecified atom stereocenters. The Labute approximate surface area is 94.2 Å². The highest BCUT2D eigenvalue weighted by molar-refractivity contribution is 5.99. The predicted molar refractivity (Wildman–Crippen MR) is 59.1 cm³/mol. The van der Waals surface area contributed by atoms with E-state index in [4.69, 9.17) is 5.11 Å². The molecule has 1 aromatic carbocycles. The van der Waals surface area contributed by atoms with Crippen LogP contribution in [0.5, 0.6) is 0 Å². The molecule has 0 aliphatic heterocycles. The highest BCUT2D eigenvalue weighted by atomic mass is 16.3. The van der Waals surface area contributed by atoms with Crippen molar-refractivity contribution < 1.29 is 20.1 Å². The number of Topliss-reactive ketones (excluding diaryl/α,β-unsaturated/α-hetero) is 1. The second-order valence-corrected chi connectivity index (χ2v) is 3.65. The maximum atomic E-state index is 11.7. The number of carbonyl (C=O) groups excluding carboxylic acids is 1. The first-order chi connectivity index (χ1) is 7.65. The van der Waals surface area contributed by atoms with E-state index in [1.165, 1.54) is 0 Å². The fraction of sp³-hybridized carbons (Fsp3) is 0.417. The van der Waals surface area contributed by atoms with E-state index in [1.807, 2.05) is 0 Å². The molecule has 0 aliphatic carbocycles. The lowest BCUT2D eigenvalue weighted by Gasteiger charge is -2.13. The second kappa shape index (κ2) is 6.37. The van der Waals surface area contributed by atoms with Gasteiger partial charge in [-0.15, -0.1) is 0 Å². The number of aliphatic hydroxyl groups excluding tert-OH is 3. The molecule has 0 aromatic heterocycles. The van der Waals surface area contributed by atoms with Crippen molar-refractivity contribution in [2.24, 2.45) is 0 Å². The minimum atomic E-state index is -1.22. The number of rotatable bonds is 6. The predicted octanol–water partition coefficient (Wildman–Crippen LogP) is 0.364. The molecule has 0 fully saturated rings. The standard InChI is InChI=1S/C12H16O4/c13-7-6-10(14)8-11(15)12(16)9-4-2-1-3-5-9/h1-5,10-11,13-15H,6-8H2. The zero-order chi connectivity index (χ0) is 12.0. The first-order valence-corrected chi connectivity index (χ1v) is 5.21. The van der Waals surface area contributed by atoms with Gasteiger partial charge in [-0.1, -0.05) is 30.3 Å². The van der Waals surface area contributed by atoms with Crippen molar-refractivity contribution >= 4 is 5.78 Å². The van der Waals surface area contributed by atoms with Crippen molar-refractivity contribution in [3.05, 3.63) is 35.9 Å². The Hall–Kier alpha value is -1.23. The van der Waals surface area contributed by atoms with Gasteiger partial charge in [-0.3, -0.25) is 4.79 Å². The average molecular weight is 224 g/mol. The van der Waals surface area contributed by atoms with Gasteiger partial charge in [0.1, 0.15) is 6.10 Å². The molecule has 1 rings (SSSR count). The lowest BCUT2D eigenvalue weighted by Crippen LogP contribution is -2.26. The van der Waals surface area contributed by atoms with Crippen LogP contribution >= 0.6 is 0 Å². The van der Waals surface area contributed by atoms with Gasteiger partial charge in [-0.05, 0) is 6.42 Å². The van der Waals surface area contributed by atoms with Gasteiger partial charge in [0, 0.05) is 18.6 Å². The lowest BCUT2D eigenvalue weighted by atomic mass is 10.0. The third-order valence-electron chi connectivity index (χ3n) is 2.32. The quantitative estimate of drug-likeness (QED) is 0.610. The zero-order valence-electron chi connectivity index (χ0n) is 8.91. The van der Waals surface area contributed by atoms with Gasteiger partial charge in [0.25, 0.3) is 0 Å². The van der Waals surface area contributed by atoms with Crippen LogP contribution in [0.4, 0.5) is 0 Å². The fourth-order valence-electron chi connectivity index (χ4n) is 1.43. The van der Waals surface area contributed by atoms with Gasteiger partial charge >= 0.3 is 0 Å². The third-order valence-corrected chi connectivity index (χ3v) is 2.32. The van der Waals surface area contributed by atoms with E-state index in [-0.39, 0.29) is 19.4 Å². The summed E-state index contributed by atoms with van der Waals surface area (Å²) in [6.45, 7) is -0.159. The molecule has 4 heteroatoms. The van der Waals surface area contributed by atoms with Gasteiger partial charge in [0.15, 0.2) is 5.78 Å². The van der Waals surface area contributed by atoms with Crippen LogP contribution in [0.25, 0.3) is 0 Å². The molecule has 0 heterocycles. The van der Waals surface area contributed by atoms with Crippen LogP contribution in [0.2, 0.25) is 0 Å². The molecule has 1 aromatic rings. The van der Waals surface area contributed by atoms with Crippen molar-refractivity contribution in [3.8, 4) is 0 Å². The summed E-state index contributed by atoms with van der Waals surface area (Å²) in [4.78, 5) is 11.7. The topological polar surface area (TPSA) is 77.8 Å². The van der Waals surface area contributed by atoms with E-state index in [0.29, 0.717) is 5.56 Å². The fourth-order valence-corrected chi connectivity index (χ4v) is 1.43. The molecule has 0 aliphatic rings. The number of ketones is 1. The van der Waals surface area contributed by atoms with Crippen molar-refractivity contribution in [2.75, 3.05) is 6.61 Å². The highest BCUT2D eigenvalue weighted by Crippen LogP contribution is 2.09. The van der Waals surface area contributed by atoms with Gasteiger partial charge in [-0.25, -0.2) is 0 Å². The number of benzene rings is 1. The number of carbonyl (C=O) groups is 1. The molecular weight excluding hydrogens is 208 g/mol. The van der Waals surface area contributed by atoms with E-state index >= 15 is 0 Å². The summed E-state index contributed by atoms with van der Waals surface area (Å²) in [5.74, 6) is -0.405. The Bertz CT molecular complexity index is 323. The summed E-state index contributed by atoms with van der Waals surface area (Å²) in [7, 11) is 0. The van der Waals surface area contributed by atoms with E-state index in [2.05, 4.69) is 0 Å². The number of hydrogen-bond donors (Lipinski definition) is 3. The number of hydrogen-bond acceptors (Lipinski definition) is 4. The van der Waals surface area contributed by atoms with Crippen LogP contribution in [0.1, 0.15) is 23.2 Å². The van der Waals surface area contributed by atoms with Crippen LogP contribution in [-0.2, 0) is 0 Å². The largest absolute Gasteiger partial charge is 0.396 e. The SMILES string of the molecule is O=C(c1ccccc1)C(O)CC(O)CCO. The van der Waals surface area contributed by atoms with Crippen molar-refractivity contribution in [1.82, 2.24) is 0 Å². The van der Waals surface area contributed by atoms with Gasteiger partial charge in [-0.2, -0.15) is 0 Å². The van der Waals surface area contributed by atoms with Crippen LogP contribution in [0, 0.1) is 0 Å². The van der Waals surface area contributed by atoms with Crippen LogP contribution in [0.3, 0.4) is 0 Å². The summed E-state index contributed by atoms with van der Waals surface area (Å²) in [6.07, 6.45) is -1.95. The minimum Gasteiger partial charge on any atom is -0.396 e. The molecule has 16 heavy (non-hydrogen) atoms. The van der Waals surface area contributed by atoms with Crippen molar-refractivity contribution in [3.63, 3.8) is 0 Å². The van der Waals surface area contributed by atoms with Crippen LogP contribution in [-0.4, -0.2) is 39.9 Å². The summed E-state index contributed by atoms with van der Waals surface area (Å²) in [6, 6.07) is 8.44. The van der Waals surface area contributed by atoms with E-state index in [9.17, 15) is 15.0 Å². The van der Waals surface area contributed by atoms with Crippen molar-refractivity contribution in [1.29, 1.82) is 0 Å². The zero-order valence-corrected chi connectivity index (χ0v) is 8.91. The summed E-state index contributed by atoms with van der Waals surface area (Å²) >= 11 is 0. The molecular formula is C12H16O4. The monoisotopic (exact) mass is 224 g/mol. The lowest BCUT2D eigenvalue weighted by molar-refractivity contribution is 0.0493. The Morgan fingerprint density at radius 1 is 1.19 bits per heavy atom. The van der Waals surface area contributed by atoms with Gasteiger partial charge < -0.3 is 15.3 Å². The first-order valence-electron chi connectivity index (χ1n) is 5.21. The highest BCUT2D eigenvalue weighted by Gasteiger charge is 2.20. The Kier molecular flexibility index (Phi) is 5.11. The molecule has 88 valence electrons. The van der Waals surface area contributed by atoms with E-state index < -0.39 is 18.0 Å². The summed E-state index contributed by atoms with van der Waals surface area (Å²) in [5.41, 5.74) is 0.422. The van der Waals surface area contributed by atoms with Gasteiger partial charge in [0.05, 0.1) is 6.10 Å². The normalized spacial score (nSPS) is 14.4. The van der Waals surface area contributed by atoms with Crippen LogP contribution < -0.4 is 0 Å². The van der Waals surface area contributed by atoms with E-state index in [0.717, 1.165) is 0 Å². The summed E-state index contributed by atoms with van der Waals surface area (Å²) in [5, 5.41) is 27.5. The molecule has 2 atom stereocenters. The average Bonchev–Trinajstić information content (AvgIpc) is 2.29. The Morgan fingerprint density at radius 3 is 2.38 bits per heavy atom. The third kappa shape index (κ3) is 3.73.